The molecule has 2 aromatic carbocycles. The fraction of sp³-hybridized carbons (Fsp3) is 0.0625. The molecule has 0 bridgehead atoms. The molecule has 1 aromatic heterocycles. The van der Waals surface area contributed by atoms with Gasteiger partial charge in [-0.1, -0.05) is 12.1 Å². The van der Waals surface area contributed by atoms with Crippen LogP contribution in [0.25, 0.3) is 22.1 Å². The molecule has 0 amide bonds. The number of ether oxygens (including phenoxy) is 1. The maximum Gasteiger partial charge on any atom is 0.336 e. The van der Waals surface area contributed by atoms with Gasteiger partial charge in [0.05, 0.1) is 7.11 Å². The van der Waals surface area contributed by atoms with Gasteiger partial charge in [-0.2, -0.15) is 0 Å². The van der Waals surface area contributed by atoms with Crippen molar-refractivity contribution in [3.63, 3.8) is 0 Å². The number of hydrogen-bond donors (Lipinski definition) is 1. The van der Waals surface area contributed by atoms with Crippen LogP contribution in [0.2, 0.25) is 0 Å². The highest BCUT2D eigenvalue weighted by atomic mass is 16.5. The lowest BCUT2D eigenvalue weighted by Crippen LogP contribution is -1.98. The molecule has 100 valence electrons. The minimum Gasteiger partial charge on any atom is -0.508 e. The van der Waals surface area contributed by atoms with Crippen LogP contribution in [0.15, 0.2) is 57.7 Å². The first-order valence-electron chi connectivity index (χ1n) is 6.09. The summed E-state index contributed by atoms with van der Waals surface area (Å²) in [5.74, 6) is 0.811. The predicted octanol–water partition coefficient (Wildman–Crippen LogP) is 3.17. The van der Waals surface area contributed by atoms with Crippen LogP contribution in [-0.2, 0) is 0 Å². The summed E-state index contributed by atoms with van der Waals surface area (Å²) in [7, 11) is 1.56. The van der Waals surface area contributed by atoms with Crippen molar-refractivity contribution >= 4 is 11.0 Å². The Morgan fingerprint density at radius 1 is 1.05 bits per heavy atom. The minimum atomic E-state index is -0.422. The summed E-state index contributed by atoms with van der Waals surface area (Å²) in [5, 5.41) is 10.2. The minimum absolute atomic E-state index is 0.183. The van der Waals surface area contributed by atoms with Gasteiger partial charge >= 0.3 is 5.63 Å². The topological polar surface area (TPSA) is 59.7 Å². The van der Waals surface area contributed by atoms with Crippen molar-refractivity contribution in [1.82, 2.24) is 0 Å². The molecule has 3 rings (SSSR count). The molecule has 0 saturated carbocycles. The summed E-state index contributed by atoms with van der Waals surface area (Å²) in [6.45, 7) is 0. The molecule has 4 nitrogen and oxygen atoms in total. The molecule has 20 heavy (non-hydrogen) atoms. The zero-order chi connectivity index (χ0) is 14.1. The Labute approximate surface area is 114 Å². The average Bonchev–Trinajstić information content (AvgIpc) is 2.46. The van der Waals surface area contributed by atoms with Crippen LogP contribution in [0.3, 0.4) is 0 Å². The van der Waals surface area contributed by atoms with Crippen LogP contribution in [0.1, 0.15) is 0 Å². The monoisotopic (exact) mass is 268 g/mol. The van der Waals surface area contributed by atoms with Crippen LogP contribution in [0.5, 0.6) is 11.5 Å². The molecular weight excluding hydrogens is 256 g/mol. The maximum atomic E-state index is 11.7. The Bertz CT molecular complexity index is 816. The molecule has 0 aliphatic heterocycles. The molecular formula is C16H12O4. The zero-order valence-electron chi connectivity index (χ0n) is 10.8. The fourth-order valence-corrected chi connectivity index (χ4v) is 2.15. The maximum absolute atomic E-state index is 11.7. The number of phenols is 1. The van der Waals surface area contributed by atoms with Crippen molar-refractivity contribution in [2.45, 2.75) is 0 Å². The molecule has 1 N–H and O–H groups in total. The summed E-state index contributed by atoms with van der Waals surface area (Å²) < 4.78 is 10.3. The standard InChI is InChI=1S/C16H12O4/c1-19-12-6-7-13-14(9-16(18)20-15(13)8-12)10-2-4-11(17)5-3-10/h2-9,17H,1H3. The van der Waals surface area contributed by atoms with E-state index in [1.807, 2.05) is 12.1 Å². The molecule has 0 aliphatic rings. The van der Waals surface area contributed by atoms with E-state index < -0.39 is 5.63 Å². The first-order valence-corrected chi connectivity index (χ1v) is 6.09. The quantitative estimate of drug-likeness (QED) is 0.725. The number of fused-ring (bicyclic) bond motifs is 1. The lowest BCUT2D eigenvalue weighted by molar-refractivity contribution is 0.414. The summed E-state index contributed by atoms with van der Waals surface area (Å²) in [4.78, 5) is 11.7. The Kier molecular flexibility index (Phi) is 2.91. The van der Waals surface area contributed by atoms with Crippen LogP contribution in [-0.4, -0.2) is 12.2 Å². The highest BCUT2D eigenvalue weighted by Gasteiger charge is 2.08. The second-order valence-corrected chi connectivity index (χ2v) is 4.39. The summed E-state index contributed by atoms with van der Waals surface area (Å²) in [5.41, 5.74) is 1.65. The van der Waals surface area contributed by atoms with Crippen molar-refractivity contribution in [3.8, 4) is 22.6 Å². The highest BCUT2D eigenvalue weighted by molar-refractivity contribution is 5.93. The van der Waals surface area contributed by atoms with E-state index in [0.717, 1.165) is 16.5 Å². The predicted molar refractivity (Wildman–Crippen MR) is 76.1 cm³/mol. The molecule has 0 aliphatic carbocycles. The largest absolute Gasteiger partial charge is 0.508 e. The van der Waals surface area contributed by atoms with Gasteiger partial charge in [0.15, 0.2) is 0 Å². The van der Waals surface area contributed by atoms with Gasteiger partial charge in [0.1, 0.15) is 17.1 Å². The molecule has 4 heteroatoms. The van der Waals surface area contributed by atoms with Gasteiger partial charge < -0.3 is 14.3 Å². The fourth-order valence-electron chi connectivity index (χ4n) is 2.15. The number of phenolic OH excluding ortho intramolecular Hbond substituents is 1. The van der Waals surface area contributed by atoms with E-state index in [4.69, 9.17) is 9.15 Å². The van der Waals surface area contributed by atoms with Gasteiger partial charge in [0.2, 0.25) is 0 Å². The number of rotatable bonds is 2. The normalized spacial score (nSPS) is 10.7. The number of aromatic hydroxyl groups is 1. The number of hydrogen-bond acceptors (Lipinski definition) is 4. The third kappa shape index (κ3) is 2.12. The number of benzene rings is 2. The molecule has 0 radical (unpaired) electrons. The number of methoxy groups -OCH3 is 1. The summed E-state index contributed by atoms with van der Waals surface area (Å²) >= 11 is 0. The van der Waals surface area contributed by atoms with Gasteiger partial charge in [0, 0.05) is 17.5 Å². The average molecular weight is 268 g/mol. The van der Waals surface area contributed by atoms with Gasteiger partial charge in [-0.3, -0.25) is 0 Å². The second kappa shape index (κ2) is 4.74. The Hall–Kier alpha value is -2.75. The van der Waals surface area contributed by atoms with E-state index in [-0.39, 0.29) is 5.75 Å². The molecule has 1 heterocycles. The molecule has 0 fully saturated rings. The highest BCUT2D eigenvalue weighted by Crippen LogP contribution is 2.30. The third-order valence-corrected chi connectivity index (χ3v) is 3.13. The van der Waals surface area contributed by atoms with Crippen molar-refractivity contribution < 1.29 is 14.3 Å². The van der Waals surface area contributed by atoms with Crippen molar-refractivity contribution in [1.29, 1.82) is 0 Å². The Morgan fingerprint density at radius 3 is 2.50 bits per heavy atom. The lowest BCUT2D eigenvalue weighted by Gasteiger charge is -2.07. The second-order valence-electron chi connectivity index (χ2n) is 4.39. The van der Waals surface area contributed by atoms with E-state index in [1.54, 1.807) is 37.4 Å². The van der Waals surface area contributed by atoms with E-state index in [1.165, 1.54) is 6.07 Å². The molecule has 0 atom stereocenters. The van der Waals surface area contributed by atoms with Crippen molar-refractivity contribution in [2.75, 3.05) is 7.11 Å². The van der Waals surface area contributed by atoms with Gasteiger partial charge in [-0.15, -0.1) is 0 Å². The van der Waals surface area contributed by atoms with Gasteiger partial charge in [0.25, 0.3) is 0 Å². The summed E-state index contributed by atoms with van der Waals surface area (Å²) in [6, 6.07) is 13.5. The van der Waals surface area contributed by atoms with E-state index in [9.17, 15) is 9.90 Å². The van der Waals surface area contributed by atoms with Crippen LogP contribution in [0.4, 0.5) is 0 Å². The van der Waals surface area contributed by atoms with E-state index >= 15 is 0 Å². The molecule has 0 spiro atoms. The van der Waals surface area contributed by atoms with Crippen molar-refractivity contribution in [3.05, 3.63) is 59.0 Å². The Morgan fingerprint density at radius 2 is 1.80 bits per heavy atom. The molecule has 0 unspecified atom stereocenters. The molecule has 3 aromatic rings. The third-order valence-electron chi connectivity index (χ3n) is 3.13. The SMILES string of the molecule is COc1ccc2c(-c3ccc(O)cc3)cc(=O)oc2c1. The van der Waals surface area contributed by atoms with Crippen LogP contribution in [0, 0.1) is 0 Å². The zero-order valence-corrected chi connectivity index (χ0v) is 10.8. The van der Waals surface area contributed by atoms with E-state index in [0.29, 0.717) is 11.3 Å². The first kappa shape index (κ1) is 12.3. The molecule has 0 saturated heterocycles. The Balaban J connectivity index is 2.29. The first-order chi connectivity index (χ1) is 9.67. The van der Waals surface area contributed by atoms with E-state index in [2.05, 4.69) is 0 Å². The van der Waals surface area contributed by atoms with Gasteiger partial charge in [-0.05, 0) is 35.4 Å². The summed E-state index contributed by atoms with van der Waals surface area (Å²) in [6.07, 6.45) is 0. The lowest BCUT2D eigenvalue weighted by atomic mass is 10.0. The van der Waals surface area contributed by atoms with Crippen LogP contribution < -0.4 is 10.4 Å². The van der Waals surface area contributed by atoms with Crippen LogP contribution >= 0.6 is 0 Å². The van der Waals surface area contributed by atoms with Crippen molar-refractivity contribution in [2.24, 2.45) is 0 Å². The van der Waals surface area contributed by atoms with Gasteiger partial charge in [-0.25, -0.2) is 4.79 Å². The smallest absolute Gasteiger partial charge is 0.336 e.